The Hall–Kier alpha value is -3.55. The fraction of sp³-hybridized carbons (Fsp3) is 0.0625. The number of anilines is 1. The SMILES string of the molecule is Cn1ccc(NC(=O)c2cc(-c3ccccc3)nc3ncnn23)n1. The van der Waals surface area contributed by atoms with Crippen molar-refractivity contribution in [2.75, 3.05) is 5.32 Å². The van der Waals surface area contributed by atoms with Crippen molar-refractivity contribution in [1.29, 1.82) is 0 Å². The summed E-state index contributed by atoms with van der Waals surface area (Å²) in [5, 5.41) is 11.0. The number of hydrogen-bond acceptors (Lipinski definition) is 5. The number of fused-ring (bicyclic) bond motifs is 1. The highest BCUT2D eigenvalue weighted by atomic mass is 16.2. The highest BCUT2D eigenvalue weighted by Crippen LogP contribution is 2.19. The topological polar surface area (TPSA) is 90.0 Å². The Morgan fingerprint density at radius 3 is 2.75 bits per heavy atom. The number of carbonyl (C=O) groups excluding carboxylic acids is 1. The second kappa shape index (κ2) is 5.58. The zero-order chi connectivity index (χ0) is 16.5. The van der Waals surface area contributed by atoms with Crippen LogP contribution in [0.5, 0.6) is 0 Å². The van der Waals surface area contributed by atoms with Crippen LogP contribution in [0.1, 0.15) is 10.5 Å². The first-order chi connectivity index (χ1) is 11.7. The summed E-state index contributed by atoms with van der Waals surface area (Å²) >= 11 is 0. The predicted molar refractivity (Wildman–Crippen MR) is 87.4 cm³/mol. The molecule has 0 saturated carbocycles. The molecule has 4 aromatic rings. The summed E-state index contributed by atoms with van der Waals surface area (Å²) in [6.07, 6.45) is 3.12. The monoisotopic (exact) mass is 319 g/mol. The first kappa shape index (κ1) is 14.1. The van der Waals surface area contributed by atoms with E-state index in [9.17, 15) is 4.79 Å². The third kappa shape index (κ3) is 2.50. The van der Waals surface area contributed by atoms with Crippen LogP contribution in [0.25, 0.3) is 17.0 Å². The Morgan fingerprint density at radius 2 is 2.00 bits per heavy atom. The molecule has 4 rings (SSSR count). The van der Waals surface area contributed by atoms with Gasteiger partial charge in [0.15, 0.2) is 5.82 Å². The average Bonchev–Trinajstić information content (AvgIpc) is 3.23. The number of rotatable bonds is 3. The molecule has 3 aromatic heterocycles. The Balaban J connectivity index is 1.78. The van der Waals surface area contributed by atoms with Gasteiger partial charge in [-0.25, -0.2) is 4.98 Å². The van der Waals surface area contributed by atoms with Gasteiger partial charge in [-0.1, -0.05) is 30.3 Å². The van der Waals surface area contributed by atoms with Gasteiger partial charge in [0.05, 0.1) is 5.69 Å². The maximum atomic E-state index is 12.6. The van der Waals surface area contributed by atoms with E-state index in [1.807, 2.05) is 30.3 Å². The standard InChI is InChI=1S/C16H13N7O/c1-22-8-7-14(21-22)20-15(24)13-9-12(11-5-3-2-4-6-11)19-16-17-10-18-23(13)16/h2-10H,1H3,(H,20,21,24). The van der Waals surface area contributed by atoms with E-state index in [0.717, 1.165) is 5.56 Å². The van der Waals surface area contributed by atoms with E-state index in [-0.39, 0.29) is 5.91 Å². The molecule has 0 saturated heterocycles. The number of carbonyl (C=O) groups is 1. The van der Waals surface area contributed by atoms with Gasteiger partial charge in [0.1, 0.15) is 12.0 Å². The van der Waals surface area contributed by atoms with Crippen molar-refractivity contribution in [2.24, 2.45) is 7.05 Å². The minimum absolute atomic E-state index is 0.330. The van der Waals surface area contributed by atoms with Gasteiger partial charge in [-0.3, -0.25) is 9.48 Å². The second-order valence-corrected chi connectivity index (χ2v) is 5.19. The molecule has 3 heterocycles. The van der Waals surface area contributed by atoms with Crippen molar-refractivity contribution in [3.05, 3.63) is 60.7 Å². The average molecular weight is 319 g/mol. The van der Waals surface area contributed by atoms with Crippen LogP contribution >= 0.6 is 0 Å². The van der Waals surface area contributed by atoms with Crippen molar-refractivity contribution in [3.8, 4) is 11.3 Å². The van der Waals surface area contributed by atoms with Gasteiger partial charge in [0.2, 0.25) is 0 Å². The molecule has 0 bridgehead atoms. The molecule has 8 heteroatoms. The van der Waals surface area contributed by atoms with Gasteiger partial charge < -0.3 is 5.32 Å². The quantitative estimate of drug-likeness (QED) is 0.621. The van der Waals surface area contributed by atoms with Gasteiger partial charge in [-0.05, 0) is 6.07 Å². The van der Waals surface area contributed by atoms with E-state index >= 15 is 0 Å². The molecule has 0 aliphatic carbocycles. The highest BCUT2D eigenvalue weighted by Gasteiger charge is 2.16. The number of benzene rings is 1. The molecule has 24 heavy (non-hydrogen) atoms. The summed E-state index contributed by atoms with van der Waals surface area (Å²) < 4.78 is 3.02. The van der Waals surface area contributed by atoms with E-state index in [0.29, 0.717) is 23.0 Å². The van der Waals surface area contributed by atoms with E-state index in [1.165, 1.54) is 10.8 Å². The smallest absolute Gasteiger partial charge is 0.275 e. The largest absolute Gasteiger partial charge is 0.304 e. The van der Waals surface area contributed by atoms with E-state index in [4.69, 9.17) is 0 Å². The molecule has 0 unspecified atom stereocenters. The van der Waals surface area contributed by atoms with Gasteiger partial charge in [0, 0.05) is 24.9 Å². The van der Waals surface area contributed by atoms with Crippen molar-refractivity contribution >= 4 is 17.5 Å². The fourth-order valence-electron chi connectivity index (χ4n) is 2.39. The lowest BCUT2D eigenvalue weighted by molar-refractivity contribution is 0.101. The van der Waals surface area contributed by atoms with Crippen LogP contribution in [-0.4, -0.2) is 35.3 Å². The molecule has 0 fully saturated rings. The zero-order valence-electron chi connectivity index (χ0n) is 12.8. The summed E-state index contributed by atoms with van der Waals surface area (Å²) in [5.41, 5.74) is 1.89. The lowest BCUT2D eigenvalue weighted by Gasteiger charge is -2.07. The Bertz CT molecular complexity index is 1020. The Kier molecular flexibility index (Phi) is 3.27. The minimum atomic E-state index is -0.330. The molecule has 0 aliphatic rings. The number of amides is 1. The molecule has 1 amide bonds. The number of nitrogens with zero attached hydrogens (tertiary/aromatic N) is 6. The van der Waals surface area contributed by atoms with E-state index < -0.39 is 0 Å². The normalized spacial score (nSPS) is 10.9. The maximum absolute atomic E-state index is 12.6. The molecule has 118 valence electrons. The van der Waals surface area contributed by atoms with Gasteiger partial charge >= 0.3 is 0 Å². The Morgan fingerprint density at radius 1 is 1.17 bits per heavy atom. The first-order valence-corrected chi connectivity index (χ1v) is 7.28. The lowest BCUT2D eigenvalue weighted by Crippen LogP contribution is -2.18. The molecule has 0 radical (unpaired) electrons. The van der Waals surface area contributed by atoms with Gasteiger partial charge in [0.25, 0.3) is 11.7 Å². The van der Waals surface area contributed by atoms with Crippen LogP contribution in [0.2, 0.25) is 0 Å². The lowest BCUT2D eigenvalue weighted by atomic mass is 10.1. The van der Waals surface area contributed by atoms with Crippen molar-refractivity contribution in [1.82, 2.24) is 29.4 Å². The summed E-state index contributed by atoms with van der Waals surface area (Å²) in [6, 6.07) is 13.0. The summed E-state index contributed by atoms with van der Waals surface area (Å²) in [7, 11) is 1.78. The molecule has 0 aliphatic heterocycles. The van der Waals surface area contributed by atoms with Crippen LogP contribution in [0.4, 0.5) is 5.82 Å². The van der Waals surface area contributed by atoms with Crippen molar-refractivity contribution in [2.45, 2.75) is 0 Å². The number of aryl methyl sites for hydroxylation is 1. The highest BCUT2D eigenvalue weighted by molar-refractivity contribution is 6.03. The molecule has 8 nitrogen and oxygen atoms in total. The van der Waals surface area contributed by atoms with E-state index in [1.54, 1.807) is 30.1 Å². The Labute approximate surface area is 136 Å². The fourth-order valence-corrected chi connectivity index (χ4v) is 2.39. The van der Waals surface area contributed by atoms with Crippen LogP contribution < -0.4 is 5.32 Å². The van der Waals surface area contributed by atoms with Gasteiger partial charge in [-0.2, -0.15) is 19.7 Å². The predicted octanol–water partition coefficient (Wildman–Crippen LogP) is 1.78. The molecule has 1 aromatic carbocycles. The first-order valence-electron chi connectivity index (χ1n) is 7.28. The summed E-state index contributed by atoms with van der Waals surface area (Å²) in [5.74, 6) is 0.500. The van der Waals surface area contributed by atoms with Gasteiger partial charge in [-0.15, -0.1) is 0 Å². The molecule has 0 atom stereocenters. The molecular weight excluding hydrogens is 306 g/mol. The van der Waals surface area contributed by atoms with Crippen LogP contribution in [0.15, 0.2) is 55.0 Å². The third-order valence-electron chi connectivity index (χ3n) is 3.51. The minimum Gasteiger partial charge on any atom is -0.304 e. The van der Waals surface area contributed by atoms with E-state index in [2.05, 4.69) is 25.5 Å². The van der Waals surface area contributed by atoms with Crippen LogP contribution in [-0.2, 0) is 7.05 Å². The van der Waals surface area contributed by atoms with Crippen LogP contribution in [0, 0.1) is 0 Å². The van der Waals surface area contributed by atoms with Crippen molar-refractivity contribution in [3.63, 3.8) is 0 Å². The maximum Gasteiger partial charge on any atom is 0.275 e. The zero-order valence-corrected chi connectivity index (χ0v) is 12.8. The number of nitrogens with one attached hydrogen (secondary N) is 1. The third-order valence-corrected chi connectivity index (χ3v) is 3.51. The number of hydrogen-bond donors (Lipinski definition) is 1. The summed E-state index contributed by atoms with van der Waals surface area (Å²) in [6.45, 7) is 0. The second-order valence-electron chi connectivity index (χ2n) is 5.19. The van der Waals surface area contributed by atoms with Crippen LogP contribution in [0.3, 0.4) is 0 Å². The molecule has 0 spiro atoms. The molecule has 1 N–H and O–H groups in total. The molecular formula is C16H13N7O. The van der Waals surface area contributed by atoms with Crippen molar-refractivity contribution < 1.29 is 4.79 Å². The summed E-state index contributed by atoms with van der Waals surface area (Å²) in [4.78, 5) is 21.2. The number of aromatic nitrogens is 6.